The molecule has 0 radical (unpaired) electrons. The molecule has 1 aromatic carbocycles. The van der Waals surface area contributed by atoms with E-state index in [1.807, 2.05) is 24.3 Å². The molecule has 3 nitrogen and oxygen atoms in total. The molecule has 1 fully saturated rings. The predicted molar refractivity (Wildman–Crippen MR) is 83.4 cm³/mol. The fraction of sp³-hybridized carbons (Fsp3) is 0.500. The van der Waals surface area contributed by atoms with Crippen molar-refractivity contribution in [3.63, 3.8) is 0 Å². The van der Waals surface area contributed by atoms with E-state index in [-0.39, 0.29) is 11.3 Å². The maximum atomic E-state index is 11.8. The summed E-state index contributed by atoms with van der Waals surface area (Å²) in [6, 6.07) is 10.3. The van der Waals surface area contributed by atoms with Gasteiger partial charge in [-0.05, 0) is 30.5 Å². The molecule has 4 heteroatoms. The van der Waals surface area contributed by atoms with Gasteiger partial charge in [0.15, 0.2) is 0 Å². The van der Waals surface area contributed by atoms with Crippen LogP contribution in [0.4, 0.5) is 5.69 Å². The molecular weight excluding hydrogens is 247 g/mol. The average molecular weight is 268 g/mol. The van der Waals surface area contributed by atoms with Gasteiger partial charge in [0.05, 0.1) is 11.5 Å². The fourth-order valence-electron chi connectivity index (χ4n) is 2.90. The third kappa shape index (κ3) is 3.22. The Morgan fingerprint density at radius 3 is 2.80 bits per heavy atom. The first-order valence-corrected chi connectivity index (χ1v) is 7.52. The van der Waals surface area contributed by atoms with Crippen LogP contribution in [0.15, 0.2) is 24.3 Å². The van der Waals surface area contributed by atoms with Crippen molar-refractivity contribution in [3.05, 3.63) is 29.8 Å². The summed E-state index contributed by atoms with van der Waals surface area (Å²) >= 11 is 0. The van der Waals surface area contributed by atoms with Crippen LogP contribution < -0.4 is 5.32 Å². The molecule has 0 saturated heterocycles. The number of nitrogens with one attached hydrogen (secondary N) is 1. The van der Waals surface area contributed by atoms with Crippen molar-refractivity contribution < 1.29 is 4.79 Å². The number of nitrogens with zero attached hydrogens (tertiary/aromatic N) is 1. The standard InChI is InChI=1S/C16H21BN2O/c17-10-4-7-15(20)19-14-6-3-5-13(11-14)16(12-18)8-1-2-9-16/h3,5-6,11H,1-2,4,7-10,17H2,(H,19,20). The normalized spacial score (nSPS) is 16.6. The van der Waals surface area contributed by atoms with Crippen molar-refractivity contribution in [2.24, 2.45) is 0 Å². The highest BCUT2D eigenvalue weighted by molar-refractivity contribution is 6.08. The Bertz CT molecular complexity index is 515. The molecule has 1 aliphatic carbocycles. The predicted octanol–water partition coefficient (Wildman–Crippen LogP) is 2.79. The van der Waals surface area contributed by atoms with E-state index < -0.39 is 0 Å². The van der Waals surface area contributed by atoms with Crippen LogP contribution in [0.5, 0.6) is 0 Å². The van der Waals surface area contributed by atoms with Gasteiger partial charge in [0, 0.05) is 12.1 Å². The van der Waals surface area contributed by atoms with Gasteiger partial charge in [0.25, 0.3) is 0 Å². The maximum absolute atomic E-state index is 11.8. The zero-order valence-electron chi connectivity index (χ0n) is 12.1. The van der Waals surface area contributed by atoms with Crippen LogP contribution in [0, 0.1) is 11.3 Å². The van der Waals surface area contributed by atoms with Crippen LogP contribution >= 0.6 is 0 Å². The summed E-state index contributed by atoms with van der Waals surface area (Å²) in [4.78, 5) is 11.8. The minimum Gasteiger partial charge on any atom is -0.326 e. The zero-order chi connectivity index (χ0) is 14.4. The molecule has 1 amide bonds. The van der Waals surface area contributed by atoms with Crippen LogP contribution in [-0.4, -0.2) is 13.8 Å². The zero-order valence-corrected chi connectivity index (χ0v) is 12.1. The number of carbonyl (C=O) groups excluding carboxylic acids is 1. The lowest BCUT2D eigenvalue weighted by molar-refractivity contribution is -0.116. The highest BCUT2D eigenvalue weighted by Gasteiger charge is 2.35. The Morgan fingerprint density at radius 1 is 1.40 bits per heavy atom. The molecule has 0 spiro atoms. The van der Waals surface area contributed by atoms with Crippen molar-refractivity contribution in [2.75, 3.05) is 5.32 Å². The average Bonchev–Trinajstić information content (AvgIpc) is 2.95. The highest BCUT2D eigenvalue weighted by Crippen LogP contribution is 2.41. The van der Waals surface area contributed by atoms with Gasteiger partial charge in [-0.3, -0.25) is 4.79 Å². The number of hydrogen-bond acceptors (Lipinski definition) is 2. The number of carbonyl (C=O) groups is 1. The van der Waals surface area contributed by atoms with E-state index in [9.17, 15) is 10.1 Å². The Balaban J connectivity index is 2.12. The van der Waals surface area contributed by atoms with Gasteiger partial charge >= 0.3 is 0 Å². The number of benzene rings is 1. The summed E-state index contributed by atoms with van der Waals surface area (Å²) in [5.74, 6) is 0.0569. The summed E-state index contributed by atoms with van der Waals surface area (Å²) in [7, 11) is 2.07. The Labute approximate surface area is 121 Å². The second-order valence-corrected chi connectivity index (χ2v) is 5.63. The second kappa shape index (κ2) is 6.61. The first kappa shape index (κ1) is 14.6. The van der Waals surface area contributed by atoms with E-state index in [0.29, 0.717) is 6.42 Å². The fourth-order valence-corrected chi connectivity index (χ4v) is 2.90. The van der Waals surface area contributed by atoms with E-state index in [1.54, 1.807) is 0 Å². The summed E-state index contributed by atoms with van der Waals surface area (Å²) in [5, 5.41) is 12.5. The first-order chi connectivity index (χ1) is 9.70. The molecule has 0 aromatic heterocycles. The van der Waals surface area contributed by atoms with Gasteiger partial charge in [-0.2, -0.15) is 5.26 Å². The summed E-state index contributed by atoms with van der Waals surface area (Å²) in [5.41, 5.74) is 1.51. The van der Waals surface area contributed by atoms with Gasteiger partial charge in [0.1, 0.15) is 7.85 Å². The number of amides is 1. The lowest BCUT2D eigenvalue weighted by atomic mass is 9.80. The molecule has 0 atom stereocenters. The second-order valence-electron chi connectivity index (χ2n) is 5.63. The minimum atomic E-state index is -0.343. The summed E-state index contributed by atoms with van der Waals surface area (Å²) in [6.45, 7) is 0. The van der Waals surface area contributed by atoms with Crippen molar-refractivity contribution in [1.82, 2.24) is 0 Å². The number of anilines is 1. The number of nitriles is 1. The quantitative estimate of drug-likeness (QED) is 0.835. The molecule has 1 aliphatic rings. The van der Waals surface area contributed by atoms with Crippen LogP contribution in [-0.2, 0) is 10.2 Å². The van der Waals surface area contributed by atoms with Gasteiger partial charge in [0.2, 0.25) is 5.91 Å². The first-order valence-electron chi connectivity index (χ1n) is 7.52. The van der Waals surface area contributed by atoms with Crippen LogP contribution in [0.25, 0.3) is 0 Å². The summed E-state index contributed by atoms with van der Waals surface area (Å²) in [6.07, 6.45) is 6.57. The number of hydrogen-bond donors (Lipinski definition) is 1. The van der Waals surface area contributed by atoms with E-state index in [2.05, 4.69) is 19.2 Å². The van der Waals surface area contributed by atoms with E-state index in [0.717, 1.165) is 49.7 Å². The summed E-state index contributed by atoms with van der Waals surface area (Å²) < 4.78 is 0. The maximum Gasteiger partial charge on any atom is 0.224 e. The Morgan fingerprint density at radius 2 is 2.15 bits per heavy atom. The van der Waals surface area contributed by atoms with Crippen LogP contribution in [0.3, 0.4) is 0 Å². The minimum absolute atomic E-state index is 0.0569. The topological polar surface area (TPSA) is 52.9 Å². The van der Waals surface area contributed by atoms with Crippen molar-refractivity contribution in [2.45, 2.75) is 50.3 Å². The molecule has 0 unspecified atom stereocenters. The van der Waals surface area contributed by atoms with Gasteiger partial charge in [-0.25, -0.2) is 0 Å². The SMILES string of the molecule is BCCCC(=O)Nc1cccc(C2(C#N)CCCC2)c1. The lowest BCUT2D eigenvalue weighted by Gasteiger charge is -2.21. The van der Waals surface area contributed by atoms with Gasteiger partial charge in [-0.15, -0.1) is 0 Å². The molecule has 0 aliphatic heterocycles. The Hall–Kier alpha value is -1.76. The molecule has 0 bridgehead atoms. The molecule has 1 N–H and O–H groups in total. The van der Waals surface area contributed by atoms with Crippen LogP contribution in [0.2, 0.25) is 6.32 Å². The molecule has 0 heterocycles. The highest BCUT2D eigenvalue weighted by atomic mass is 16.1. The molecule has 104 valence electrons. The molecular formula is C16H21BN2O. The molecule has 20 heavy (non-hydrogen) atoms. The van der Waals surface area contributed by atoms with E-state index in [4.69, 9.17) is 0 Å². The molecule has 2 rings (SSSR count). The van der Waals surface area contributed by atoms with Gasteiger partial charge in [-0.1, -0.05) is 37.7 Å². The monoisotopic (exact) mass is 268 g/mol. The van der Waals surface area contributed by atoms with E-state index in [1.165, 1.54) is 0 Å². The molecule has 1 saturated carbocycles. The van der Waals surface area contributed by atoms with Crippen molar-refractivity contribution in [1.29, 1.82) is 5.26 Å². The number of rotatable bonds is 5. The van der Waals surface area contributed by atoms with Crippen molar-refractivity contribution >= 4 is 19.4 Å². The third-order valence-electron chi connectivity index (χ3n) is 4.13. The van der Waals surface area contributed by atoms with Crippen molar-refractivity contribution in [3.8, 4) is 6.07 Å². The van der Waals surface area contributed by atoms with Gasteiger partial charge < -0.3 is 5.32 Å². The lowest BCUT2D eigenvalue weighted by Crippen LogP contribution is -2.20. The Kier molecular flexibility index (Phi) is 4.84. The smallest absolute Gasteiger partial charge is 0.224 e. The van der Waals surface area contributed by atoms with Crippen LogP contribution in [0.1, 0.15) is 44.1 Å². The largest absolute Gasteiger partial charge is 0.326 e. The van der Waals surface area contributed by atoms with E-state index >= 15 is 0 Å². The molecule has 1 aromatic rings. The third-order valence-corrected chi connectivity index (χ3v) is 4.13.